The van der Waals surface area contributed by atoms with E-state index in [-0.39, 0.29) is 0 Å². The van der Waals surface area contributed by atoms with Gasteiger partial charge in [0.15, 0.2) is 0 Å². The van der Waals surface area contributed by atoms with E-state index in [2.05, 4.69) is 31.1 Å². The van der Waals surface area contributed by atoms with Crippen LogP contribution >= 0.6 is 0 Å². The summed E-state index contributed by atoms with van der Waals surface area (Å²) >= 11 is 0. The standard InChI is InChI=1S/C11H24N2/c1-10(2)5-4-7-12-11-6-8-13(3)9-11/h10-12H,4-9H2,1-3H3. The van der Waals surface area contributed by atoms with E-state index in [1.807, 2.05) is 0 Å². The molecule has 2 nitrogen and oxygen atoms in total. The molecule has 0 bridgehead atoms. The Morgan fingerprint density at radius 3 is 2.77 bits per heavy atom. The van der Waals surface area contributed by atoms with Gasteiger partial charge in [-0.15, -0.1) is 0 Å². The summed E-state index contributed by atoms with van der Waals surface area (Å²) in [6.45, 7) is 8.30. The molecule has 2 heteroatoms. The van der Waals surface area contributed by atoms with E-state index in [9.17, 15) is 0 Å². The summed E-state index contributed by atoms with van der Waals surface area (Å²) in [6.07, 6.45) is 4.02. The van der Waals surface area contributed by atoms with Crippen molar-refractivity contribution in [2.75, 3.05) is 26.7 Å². The SMILES string of the molecule is CC(C)CCCNC1CCN(C)C1. The highest BCUT2D eigenvalue weighted by atomic mass is 15.2. The fourth-order valence-electron chi connectivity index (χ4n) is 1.92. The normalized spacial score (nSPS) is 24.5. The Hall–Kier alpha value is -0.0800. The van der Waals surface area contributed by atoms with Gasteiger partial charge >= 0.3 is 0 Å². The molecule has 1 fully saturated rings. The van der Waals surface area contributed by atoms with Crippen molar-refractivity contribution in [3.8, 4) is 0 Å². The highest BCUT2D eigenvalue weighted by Gasteiger charge is 2.17. The molecule has 0 amide bonds. The molecule has 1 heterocycles. The van der Waals surface area contributed by atoms with Crippen molar-refractivity contribution in [2.45, 2.75) is 39.2 Å². The topological polar surface area (TPSA) is 15.3 Å². The summed E-state index contributed by atoms with van der Waals surface area (Å²) in [6, 6.07) is 0.761. The lowest BCUT2D eigenvalue weighted by Gasteiger charge is -2.13. The van der Waals surface area contributed by atoms with Crippen LogP contribution in [0.25, 0.3) is 0 Å². The van der Waals surface area contributed by atoms with Crippen molar-refractivity contribution < 1.29 is 0 Å². The fraction of sp³-hybridized carbons (Fsp3) is 1.00. The van der Waals surface area contributed by atoms with Crippen LogP contribution in [0.2, 0.25) is 0 Å². The van der Waals surface area contributed by atoms with Crippen molar-refractivity contribution in [3.63, 3.8) is 0 Å². The quantitative estimate of drug-likeness (QED) is 0.654. The van der Waals surface area contributed by atoms with E-state index in [0.29, 0.717) is 0 Å². The Bertz CT molecular complexity index is 134. The largest absolute Gasteiger partial charge is 0.313 e. The van der Waals surface area contributed by atoms with Crippen LogP contribution in [0.15, 0.2) is 0 Å². The first kappa shape index (κ1) is 11.0. The van der Waals surface area contributed by atoms with E-state index in [0.717, 1.165) is 12.0 Å². The predicted octanol–water partition coefficient (Wildman–Crippen LogP) is 1.72. The Labute approximate surface area is 82.7 Å². The molecule has 0 radical (unpaired) electrons. The van der Waals surface area contributed by atoms with Gasteiger partial charge in [0.25, 0.3) is 0 Å². The smallest absolute Gasteiger partial charge is 0.0207 e. The van der Waals surface area contributed by atoms with Gasteiger partial charge in [0.2, 0.25) is 0 Å². The van der Waals surface area contributed by atoms with E-state index >= 15 is 0 Å². The number of nitrogens with zero attached hydrogens (tertiary/aromatic N) is 1. The van der Waals surface area contributed by atoms with Crippen LogP contribution in [-0.2, 0) is 0 Å². The molecule has 1 N–H and O–H groups in total. The lowest BCUT2D eigenvalue weighted by Crippen LogP contribution is -2.32. The van der Waals surface area contributed by atoms with Crippen molar-refractivity contribution >= 4 is 0 Å². The van der Waals surface area contributed by atoms with E-state index in [1.165, 1.54) is 38.9 Å². The van der Waals surface area contributed by atoms with Gasteiger partial charge in [0.1, 0.15) is 0 Å². The minimum Gasteiger partial charge on any atom is -0.313 e. The number of hydrogen-bond acceptors (Lipinski definition) is 2. The maximum atomic E-state index is 3.63. The first-order chi connectivity index (χ1) is 6.18. The fourth-order valence-corrected chi connectivity index (χ4v) is 1.92. The molecule has 1 unspecified atom stereocenters. The Morgan fingerprint density at radius 2 is 2.23 bits per heavy atom. The second-order valence-corrected chi connectivity index (χ2v) is 4.74. The molecule has 0 aromatic heterocycles. The van der Waals surface area contributed by atoms with Gasteiger partial charge in [-0.05, 0) is 45.3 Å². The maximum Gasteiger partial charge on any atom is 0.0207 e. The van der Waals surface area contributed by atoms with Crippen molar-refractivity contribution in [2.24, 2.45) is 5.92 Å². The van der Waals surface area contributed by atoms with E-state index < -0.39 is 0 Å². The molecule has 0 aliphatic carbocycles. The minimum atomic E-state index is 0.761. The Kier molecular flexibility index (Phi) is 4.74. The zero-order valence-corrected chi connectivity index (χ0v) is 9.34. The van der Waals surface area contributed by atoms with Crippen LogP contribution in [0, 0.1) is 5.92 Å². The summed E-state index contributed by atoms with van der Waals surface area (Å²) in [5.74, 6) is 0.855. The zero-order valence-electron chi connectivity index (χ0n) is 9.34. The van der Waals surface area contributed by atoms with Crippen LogP contribution in [-0.4, -0.2) is 37.6 Å². The van der Waals surface area contributed by atoms with Gasteiger partial charge in [-0.1, -0.05) is 13.8 Å². The molecular weight excluding hydrogens is 160 g/mol. The maximum absolute atomic E-state index is 3.63. The zero-order chi connectivity index (χ0) is 9.68. The molecule has 13 heavy (non-hydrogen) atoms. The number of hydrogen-bond donors (Lipinski definition) is 1. The molecule has 1 aliphatic heterocycles. The molecule has 1 atom stereocenters. The average Bonchev–Trinajstić information content (AvgIpc) is 2.45. The van der Waals surface area contributed by atoms with Crippen LogP contribution in [0.1, 0.15) is 33.1 Å². The summed E-state index contributed by atoms with van der Waals surface area (Å²) in [4.78, 5) is 2.40. The van der Waals surface area contributed by atoms with Gasteiger partial charge in [-0.3, -0.25) is 0 Å². The van der Waals surface area contributed by atoms with Gasteiger partial charge in [0.05, 0.1) is 0 Å². The average molecular weight is 184 g/mol. The number of rotatable bonds is 5. The second kappa shape index (κ2) is 5.61. The third kappa shape index (κ3) is 4.63. The monoisotopic (exact) mass is 184 g/mol. The Morgan fingerprint density at radius 1 is 1.46 bits per heavy atom. The van der Waals surface area contributed by atoms with Gasteiger partial charge in [-0.2, -0.15) is 0 Å². The summed E-state index contributed by atoms with van der Waals surface area (Å²) < 4.78 is 0. The molecule has 0 aromatic carbocycles. The summed E-state index contributed by atoms with van der Waals surface area (Å²) in [7, 11) is 2.20. The highest BCUT2D eigenvalue weighted by Crippen LogP contribution is 2.07. The first-order valence-corrected chi connectivity index (χ1v) is 5.60. The van der Waals surface area contributed by atoms with Crippen LogP contribution in [0.3, 0.4) is 0 Å². The second-order valence-electron chi connectivity index (χ2n) is 4.74. The van der Waals surface area contributed by atoms with Gasteiger partial charge in [-0.25, -0.2) is 0 Å². The molecular formula is C11H24N2. The summed E-state index contributed by atoms with van der Waals surface area (Å²) in [5, 5.41) is 3.63. The van der Waals surface area contributed by atoms with Crippen LogP contribution < -0.4 is 5.32 Å². The molecule has 0 saturated carbocycles. The van der Waals surface area contributed by atoms with Crippen molar-refractivity contribution in [3.05, 3.63) is 0 Å². The highest BCUT2D eigenvalue weighted by molar-refractivity contribution is 4.78. The lowest BCUT2D eigenvalue weighted by molar-refractivity contribution is 0.395. The molecule has 0 aromatic rings. The number of nitrogens with one attached hydrogen (secondary N) is 1. The molecule has 0 spiro atoms. The molecule has 78 valence electrons. The van der Waals surface area contributed by atoms with Crippen molar-refractivity contribution in [1.82, 2.24) is 10.2 Å². The summed E-state index contributed by atoms with van der Waals surface area (Å²) in [5.41, 5.74) is 0. The van der Waals surface area contributed by atoms with E-state index in [4.69, 9.17) is 0 Å². The molecule has 1 aliphatic rings. The Balaban J connectivity index is 1.94. The minimum absolute atomic E-state index is 0.761. The third-order valence-electron chi connectivity index (χ3n) is 2.78. The first-order valence-electron chi connectivity index (χ1n) is 5.60. The van der Waals surface area contributed by atoms with Gasteiger partial charge in [0, 0.05) is 12.6 Å². The predicted molar refractivity (Wildman–Crippen MR) is 58.0 cm³/mol. The number of likely N-dealkylation sites (tertiary alicyclic amines) is 1. The van der Waals surface area contributed by atoms with Gasteiger partial charge < -0.3 is 10.2 Å². The third-order valence-corrected chi connectivity index (χ3v) is 2.78. The number of likely N-dealkylation sites (N-methyl/N-ethyl adjacent to an activating group) is 1. The van der Waals surface area contributed by atoms with E-state index in [1.54, 1.807) is 0 Å². The van der Waals surface area contributed by atoms with Crippen LogP contribution in [0.5, 0.6) is 0 Å². The lowest BCUT2D eigenvalue weighted by atomic mass is 10.1. The van der Waals surface area contributed by atoms with Crippen molar-refractivity contribution in [1.29, 1.82) is 0 Å². The molecule has 1 rings (SSSR count). The van der Waals surface area contributed by atoms with Crippen LogP contribution in [0.4, 0.5) is 0 Å². The molecule has 1 saturated heterocycles.